The molecule has 0 aromatic heterocycles. The van der Waals surface area contributed by atoms with E-state index in [4.69, 9.17) is 19.4 Å². The molecular formula is C22H28N2O2Si2. The second-order valence-electron chi connectivity index (χ2n) is 8.77. The molecule has 0 aliphatic heterocycles. The first kappa shape index (κ1) is 22.1. The monoisotopic (exact) mass is 408 g/mol. The maximum Gasteiger partial charge on any atom is 0.184 e. The van der Waals surface area contributed by atoms with E-state index in [1.165, 1.54) is 0 Å². The van der Waals surface area contributed by atoms with Crippen molar-refractivity contribution in [2.24, 2.45) is 0 Å². The van der Waals surface area contributed by atoms with Crippen molar-refractivity contribution in [3.8, 4) is 12.1 Å². The summed E-state index contributed by atoms with van der Waals surface area (Å²) >= 11 is 0. The highest BCUT2D eigenvalue weighted by molar-refractivity contribution is 6.70. The lowest BCUT2D eigenvalue weighted by molar-refractivity contribution is 0.0420. The van der Waals surface area contributed by atoms with E-state index in [0.717, 1.165) is 11.1 Å². The van der Waals surface area contributed by atoms with Crippen LogP contribution in [0, 0.1) is 22.7 Å². The molecule has 0 aliphatic carbocycles. The van der Waals surface area contributed by atoms with Gasteiger partial charge in [-0.25, -0.2) is 0 Å². The molecule has 146 valence electrons. The molecule has 0 heterocycles. The van der Waals surface area contributed by atoms with Crippen LogP contribution in [-0.4, -0.2) is 16.6 Å². The van der Waals surface area contributed by atoms with E-state index in [0.29, 0.717) is 11.1 Å². The fourth-order valence-corrected chi connectivity index (χ4v) is 4.91. The summed E-state index contributed by atoms with van der Waals surface area (Å²) in [5.41, 5.74) is 3.23. The van der Waals surface area contributed by atoms with Crippen LogP contribution < -0.4 is 0 Å². The van der Waals surface area contributed by atoms with Crippen LogP contribution in [0.3, 0.4) is 0 Å². The van der Waals surface area contributed by atoms with Crippen molar-refractivity contribution in [2.45, 2.75) is 51.5 Å². The molecule has 4 nitrogen and oxygen atoms in total. The fraction of sp³-hybridized carbons (Fsp3) is 0.364. The van der Waals surface area contributed by atoms with Crippen LogP contribution in [0.25, 0.3) is 0 Å². The second kappa shape index (κ2) is 8.85. The van der Waals surface area contributed by atoms with Crippen molar-refractivity contribution in [3.05, 3.63) is 70.8 Å². The van der Waals surface area contributed by atoms with Crippen molar-refractivity contribution in [3.63, 3.8) is 0 Å². The molecule has 0 saturated carbocycles. The van der Waals surface area contributed by atoms with Gasteiger partial charge in [0.15, 0.2) is 16.6 Å². The second-order valence-corrected chi connectivity index (χ2v) is 17.7. The van der Waals surface area contributed by atoms with E-state index in [1.54, 1.807) is 0 Å². The van der Waals surface area contributed by atoms with Gasteiger partial charge in [-0.1, -0.05) is 24.3 Å². The first-order valence-electron chi connectivity index (χ1n) is 9.38. The van der Waals surface area contributed by atoms with Crippen LogP contribution in [0.2, 0.25) is 39.3 Å². The molecule has 0 bridgehead atoms. The van der Waals surface area contributed by atoms with Crippen molar-refractivity contribution in [1.29, 1.82) is 10.5 Å². The van der Waals surface area contributed by atoms with Crippen LogP contribution in [0.5, 0.6) is 0 Å². The molecule has 2 aromatic rings. The summed E-state index contributed by atoms with van der Waals surface area (Å²) < 4.78 is 13.2. The normalized spacial score (nSPS) is 14.0. The Kier molecular flexibility index (Phi) is 6.98. The standard InChI is InChI=1S/C22H28N2O2Si2/c1-27(2,3)25-21(19-11-7-17(15-23)8-12-19)22(26-28(4,5)6)20-13-9-18(16-24)10-14-20/h7-14,21-22H,1-6H3/t21-,22+. The number of nitriles is 2. The van der Waals surface area contributed by atoms with E-state index in [1.807, 2.05) is 48.5 Å². The molecule has 0 spiro atoms. The molecule has 0 unspecified atom stereocenters. The van der Waals surface area contributed by atoms with Crippen LogP contribution in [-0.2, 0) is 8.85 Å². The van der Waals surface area contributed by atoms with Crippen LogP contribution in [0.4, 0.5) is 0 Å². The summed E-state index contributed by atoms with van der Waals surface area (Å²) in [6.45, 7) is 13.0. The fourth-order valence-electron chi connectivity index (χ4n) is 2.87. The minimum absolute atomic E-state index is 0.279. The summed E-state index contributed by atoms with van der Waals surface area (Å²) in [5.74, 6) is 0. The zero-order valence-corrected chi connectivity index (χ0v) is 19.5. The lowest BCUT2D eigenvalue weighted by atomic mass is 9.97. The van der Waals surface area contributed by atoms with Gasteiger partial charge in [-0.15, -0.1) is 0 Å². The minimum atomic E-state index is -1.90. The molecule has 0 N–H and O–H groups in total. The van der Waals surface area contributed by atoms with Crippen molar-refractivity contribution >= 4 is 16.6 Å². The third-order valence-electron chi connectivity index (χ3n) is 3.97. The maximum atomic E-state index is 9.12. The Bertz CT molecular complexity index is 792. The van der Waals surface area contributed by atoms with Crippen LogP contribution in [0.1, 0.15) is 34.5 Å². The topological polar surface area (TPSA) is 66.0 Å². The smallest absolute Gasteiger partial charge is 0.184 e. The largest absolute Gasteiger partial charge is 0.408 e. The van der Waals surface area contributed by atoms with E-state index < -0.39 is 16.6 Å². The Morgan fingerprint density at radius 3 is 1.11 bits per heavy atom. The molecule has 2 aromatic carbocycles. The molecule has 6 heteroatoms. The molecular weight excluding hydrogens is 380 g/mol. The summed E-state index contributed by atoms with van der Waals surface area (Å²) in [6, 6.07) is 19.4. The average molecular weight is 409 g/mol. The van der Waals surface area contributed by atoms with Gasteiger partial charge in [0.05, 0.1) is 35.5 Å². The molecule has 0 saturated heterocycles. The quantitative estimate of drug-likeness (QED) is 0.534. The zero-order chi connectivity index (χ0) is 20.9. The number of nitrogens with zero attached hydrogens (tertiary/aromatic N) is 2. The highest BCUT2D eigenvalue weighted by Gasteiger charge is 2.34. The first-order chi connectivity index (χ1) is 13.0. The van der Waals surface area contributed by atoms with Gasteiger partial charge < -0.3 is 8.85 Å². The van der Waals surface area contributed by atoms with E-state index >= 15 is 0 Å². The van der Waals surface area contributed by atoms with Crippen LogP contribution in [0.15, 0.2) is 48.5 Å². The van der Waals surface area contributed by atoms with Gasteiger partial charge in [0, 0.05) is 0 Å². The lowest BCUT2D eigenvalue weighted by Crippen LogP contribution is -2.36. The van der Waals surface area contributed by atoms with Crippen LogP contribution >= 0.6 is 0 Å². The van der Waals surface area contributed by atoms with Gasteiger partial charge in [-0.05, 0) is 74.7 Å². The lowest BCUT2D eigenvalue weighted by Gasteiger charge is -2.36. The average Bonchev–Trinajstić information content (AvgIpc) is 2.63. The highest BCUT2D eigenvalue weighted by Crippen LogP contribution is 2.39. The minimum Gasteiger partial charge on any atom is -0.408 e. The molecule has 2 rings (SSSR count). The molecule has 0 aliphatic rings. The summed E-state index contributed by atoms with van der Waals surface area (Å²) in [4.78, 5) is 0. The predicted molar refractivity (Wildman–Crippen MR) is 117 cm³/mol. The third-order valence-corrected chi connectivity index (χ3v) is 5.89. The predicted octanol–water partition coefficient (Wildman–Crippen LogP) is 5.92. The van der Waals surface area contributed by atoms with Gasteiger partial charge in [0.25, 0.3) is 0 Å². The first-order valence-corrected chi connectivity index (χ1v) is 16.2. The van der Waals surface area contributed by atoms with Gasteiger partial charge in [-0.3, -0.25) is 0 Å². The Labute approximate surface area is 170 Å². The summed E-state index contributed by atoms with van der Waals surface area (Å²) in [5, 5.41) is 18.2. The Balaban J connectivity index is 2.55. The van der Waals surface area contributed by atoms with Gasteiger partial charge in [0.1, 0.15) is 0 Å². The van der Waals surface area contributed by atoms with E-state index in [9.17, 15) is 0 Å². The third kappa shape index (κ3) is 6.43. The SMILES string of the molecule is C[Si](C)(C)O[C@H](c1ccc(C#N)cc1)[C@@H](O[Si](C)(C)C)c1ccc(C#N)cc1. The van der Waals surface area contributed by atoms with E-state index in [-0.39, 0.29) is 12.2 Å². The molecule has 2 atom stereocenters. The number of benzene rings is 2. The van der Waals surface area contributed by atoms with Crippen molar-refractivity contribution < 1.29 is 8.85 Å². The Hall–Kier alpha value is -2.23. The molecule has 0 radical (unpaired) electrons. The molecule has 0 amide bonds. The van der Waals surface area contributed by atoms with E-state index in [2.05, 4.69) is 51.4 Å². The van der Waals surface area contributed by atoms with Gasteiger partial charge in [0.2, 0.25) is 0 Å². The molecule has 0 fully saturated rings. The number of hydrogen-bond donors (Lipinski definition) is 0. The van der Waals surface area contributed by atoms with Gasteiger partial charge in [-0.2, -0.15) is 10.5 Å². The Morgan fingerprint density at radius 2 is 0.893 bits per heavy atom. The zero-order valence-electron chi connectivity index (χ0n) is 17.5. The van der Waals surface area contributed by atoms with Crippen molar-refractivity contribution in [2.75, 3.05) is 0 Å². The Morgan fingerprint density at radius 1 is 0.607 bits per heavy atom. The summed E-state index contributed by atoms with van der Waals surface area (Å²) in [6.07, 6.45) is -0.557. The maximum absolute atomic E-state index is 9.12. The summed E-state index contributed by atoms with van der Waals surface area (Å²) in [7, 11) is -3.79. The molecule has 28 heavy (non-hydrogen) atoms. The number of hydrogen-bond acceptors (Lipinski definition) is 4. The van der Waals surface area contributed by atoms with Gasteiger partial charge >= 0.3 is 0 Å². The highest BCUT2D eigenvalue weighted by atomic mass is 28.4. The number of rotatable bonds is 7. The van der Waals surface area contributed by atoms with Crippen molar-refractivity contribution in [1.82, 2.24) is 0 Å².